The zero-order chi connectivity index (χ0) is 18.6. The number of piperazine rings is 1. The Morgan fingerprint density at radius 2 is 1.78 bits per heavy atom. The summed E-state index contributed by atoms with van der Waals surface area (Å²) in [6.45, 7) is 7.50. The lowest BCUT2D eigenvalue weighted by Gasteiger charge is -2.36. The van der Waals surface area contributed by atoms with Crippen LogP contribution in [-0.2, 0) is 6.54 Å². The molecule has 1 aliphatic carbocycles. The highest BCUT2D eigenvalue weighted by Gasteiger charge is 2.20. The van der Waals surface area contributed by atoms with E-state index >= 15 is 0 Å². The minimum atomic E-state index is 0.0700. The second kappa shape index (κ2) is 8.28. The van der Waals surface area contributed by atoms with Gasteiger partial charge in [0.15, 0.2) is 0 Å². The minimum Gasteiger partial charge on any atom is -0.369 e. The van der Waals surface area contributed by atoms with Crippen LogP contribution in [0.2, 0.25) is 0 Å². The molecule has 1 atom stereocenters. The summed E-state index contributed by atoms with van der Waals surface area (Å²) in [5, 5.41) is 0. The van der Waals surface area contributed by atoms with Crippen LogP contribution in [0, 0.1) is 5.92 Å². The number of nitrogens with two attached hydrogens (primary N) is 1. The normalized spacial score (nSPS) is 19.6. The molecule has 1 aliphatic heterocycles. The van der Waals surface area contributed by atoms with Crippen molar-refractivity contribution >= 4 is 11.8 Å². The molecule has 1 saturated heterocycles. The summed E-state index contributed by atoms with van der Waals surface area (Å²) in [4.78, 5) is 5.07. The molecule has 3 heteroatoms. The molecule has 4 rings (SSSR count). The molecule has 27 heavy (non-hydrogen) atoms. The average molecular weight is 362 g/mol. The van der Waals surface area contributed by atoms with Gasteiger partial charge in [-0.25, -0.2) is 0 Å². The summed E-state index contributed by atoms with van der Waals surface area (Å²) in [7, 11) is 0. The molecule has 0 spiro atoms. The molecular formula is C24H31N3. The van der Waals surface area contributed by atoms with Gasteiger partial charge in [-0.2, -0.15) is 0 Å². The zero-order valence-corrected chi connectivity index (χ0v) is 16.3. The van der Waals surface area contributed by atoms with Crippen LogP contribution in [0.15, 0.2) is 54.6 Å². The molecule has 0 bridgehead atoms. The summed E-state index contributed by atoms with van der Waals surface area (Å²) in [5.74, 6) is 0.788. The van der Waals surface area contributed by atoms with Gasteiger partial charge < -0.3 is 10.6 Å². The third kappa shape index (κ3) is 4.79. The fraction of sp³-hybridized carbons (Fsp3) is 0.417. The van der Waals surface area contributed by atoms with E-state index < -0.39 is 0 Å². The molecule has 2 aromatic rings. The zero-order valence-electron chi connectivity index (χ0n) is 16.3. The Morgan fingerprint density at radius 3 is 2.44 bits per heavy atom. The minimum absolute atomic E-state index is 0.0700. The van der Waals surface area contributed by atoms with Crippen molar-refractivity contribution in [1.82, 2.24) is 4.90 Å². The van der Waals surface area contributed by atoms with Crippen molar-refractivity contribution in [2.24, 2.45) is 11.7 Å². The number of rotatable bonds is 6. The highest BCUT2D eigenvalue weighted by atomic mass is 15.3. The van der Waals surface area contributed by atoms with Gasteiger partial charge in [0.2, 0.25) is 0 Å². The van der Waals surface area contributed by atoms with Gasteiger partial charge in [0.05, 0.1) is 0 Å². The number of nitrogens with zero attached hydrogens (tertiary/aromatic N) is 2. The maximum Gasteiger partial charge on any atom is 0.0373 e. The van der Waals surface area contributed by atoms with Gasteiger partial charge in [-0.3, -0.25) is 4.90 Å². The molecule has 0 aromatic heterocycles. The summed E-state index contributed by atoms with van der Waals surface area (Å²) in [5.41, 5.74) is 11.5. The summed E-state index contributed by atoms with van der Waals surface area (Å²) in [6.07, 6.45) is 7.34. The Labute approximate surface area is 163 Å². The Hall–Kier alpha value is -2.10. The first-order valence-corrected chi connectivity index (χ1v) is 10.3. The first kappa shape index (κ1) is 18.3. The van der Waals surface area contributed by atoms with Crippen molar-refractivity contribution in [1.29, 1.82) is 0 Å². The standard InChI is InChI=1S/C24H31N3/c1-19(25)24-12-11-23(17-22(24)10-9-20-7-8-20)27-15-13-26(14-16-27)18-21-5-3-2-4-6-21/h2-6,9-12,17,19-20H,7-8,13-16,18,25H2,1H3/b10-9+/t19-/m0/s1. The largest absolute Gasteiger partial charge is 0.369 e. The molecule has 142 valence electrons. The SMILES string of the molecule is C[C@H](N)c1ccc(N2CCN(Cc3ccccc3)CC2)cc1/C=C/C1CC1. The molecule has 2 aliphatic rings. The number of hydrogen-bond donors (Lipinski definition) is 1. The van der Waals surface area contributed by atoms with E-state index in [1.807, 2.05) is 0 Å². The summed E-state index contributed by atoms with van der Waals surface area (Å²) in [6, 6.07) is 17.7. The lowest BCUT2D eigenvalue weighted by atomic mass is 9.99. The van der Waals surface area contributed by atoms with Gasteiger partial charge >= 0.3 is 0 Å². The van der Waals surface area contributed by atoms with Gasteiger partial charge in [-0.05, 0) is 54.5 Å². The quantitative estimate of drug-likeness (QED) is 0.825. The Bertz CT molecular complexity index is 769. The van der Waals surface area contributed by atoms with E-state index in [0.29, 0.717) is 0 Å². The number of allylic oxidation sites excluding steroid dienone is 1. The number of benzene rings is 2. The number of hydrogen-bond acceptors (Lipinski definition) is 3. The van der Waals surface area contributed by atoms with E-state index in [2.05, 4.69) is 77.4 Å². The highest BCUT2D eigenvalue weighted by molar-refractivity contribution is 5.63. The van der Waals surface area contributed by atoms with Crippen LogP contribution in [0.3, 0.4) is 0 Å². The van der Waals surface area contributed by atoms with E-state index in [4.69, 9.17) is 5.73 Å². The van der Waals surface area contributed by atoms with E-state index in [1.54, 1.807) is 0 Å². The van der Waals surface area contributed by atoms with Gasteiger partial charge in [-0.1, -0.05) is 48.6 Å². The molecule has 2 aromatic carbocycles. The summed E-state index contributed by atoms with van der Waals surface area (Å²) >= 11 is 0. The summed E-state index contributed by atoms with van der Waals surface area (Å²) < 4.78 is 0. The predicted molar refractivity (Wildman–Crippen MR) is 115 cm³/mol. The Kier molecular flexibility index (Phi) is 5.61. The van der Waals surface area contributed by atoms with Gasteiger partial charge in [0, 0.05) is 44.5 Å². The number of anilines is 1. The Balaban J connectivity index is 1.42. The molecule has 0 radical (unpaired) electrons. The molecular weight excluding hydrogens is 330 g/mol. The van der Waals surface area contributed by atoms with E-state index in [-0.39, 0.29) is 6.04 Å². The smallest absolute Gasteiger partial charge is 0.0373 e. The van der Waals surface area contributed by atoms with Crippen LogP contribution in [0.25, 0.3) is 6.08 Å². The van der Waals surface area contributed by atoms with Crippen molar-refractivity contribution in [2.75, 3.05) is 31.1 Å². The lowest BCUT2D eigenvalue weighted by Crippen LogP contribution is -2.46. The monoisotopic (exact) mass is 361 g/mol. The first-order chi connectivity index (χ1) is 13.2. The third-order valence-electron chi connectivity index (χ3n) is 5.72. The molecule has 2 N–H and O–H groups in total. The lowest BCUT2D eigenvalue weighted by molar-refractivity contribution is 0.250. The molecule has 0 unspecified atom stereocenters. The highest BCUT2D eigenvalue weighted by Crippen LogP contribution is 2.32. The maximum atomic E-state index is 6.20. The van der Waals surface area contributed by atoms with Crippen LogP contribution in [0.5, 0.6) is 0 Å². The van der Waals surface area contributed by atoms with Gasteiger partial charge in [0.25, 0.3) is 0 Å². The molecule has 3 nitrogen and oxygen atoms in total. The van der Waals surface area contributed by atoms with Gasteiger partial charge in [-0.15, -0.1) is 0 Å². The fourth-order valence-corrected chi connectivity index (χ4v) is 3.85. The Morgan fingerprint density at radius 1 is 1.04 bits per heavy atom. The van der Waals surface area contributed by atoms with Crippen molar-refractivity contribution in [3.8, 4) is 0 Å². The van der Waals surface area contributed by atoms with E-state index in [9.17, 15) is 0 Å². The molecule has 0 amide bonds. The molecule has 1 heterocycles. The van der Waals surface area contributed by atoms with Crippen molar-refractivity contribution in [2.45, 2.75) is 32.4 Å². The molecule has 2 fully saturated rings. The van der Waals surface area contributed by atoms with E-state index in [0.717, 1.165) is 38.6 Å². The second-order valence-electron chi connectivity index (χ2n) is 8.05. The maximum absolute atomic E-state index is 6.20. The topological polar surface area (TPSA) is 32.5 Å². The van der Waals surface area contributed by atoms with Crippen LogP contribution in [0.1, 0.15) is 42.5 Å². The van der Waals surface area contributed by atoms with Crippen molar-refractivity contribution < 1.29 is 0 Å². The second-order valence-corrected chi connectivity index (χ2v) is 8.05. The predicted octanol–water partition coefficient (Wildman–Crippen LogP) is 4.45. The van der Waals surface area contributed by atoms with Crippen molar-refractivity contribution in [3.05, 3.63) is 71.3 Å². The molecule has 1 saturated carbocycles. The van der Waals surface area contributed by atoms with Crippen LogP contribution >= 0.6 is 0 Å². The third-order valence-corrected chi connectivity index (χ3v) is 5.72. The fourth-order valence-electron chi connectivity index (χ4n) is 3.85. The van der Waals surface area contributed by atoms with Crippen molar-refractivity contribution in [3.63, 3.8) is 0 Å². The average Bonchev–Trinajstić information content (AvgIpc) is 3.52. The van der Waals surface area contributed by atoms with Gasteiger partial charge in [0.1, 0.15) is 0 Å². The van der Waals surface area contributed by atoms with E-state index in [1.165, 1.54) is 35.2 Å². The van der Waals surface area contributed by atoms with Crippen LogP contribution in [0.4, 0.5) is 5.69 Å². The first-order valence-electron chi connectivity index (χ1n) is 10.3. The van der Waals surface area contributed by atoms with Crippen LogP contribution in [-0.4, -0.2) is 31.1 Å². The van der Waals surface area contributed by atoms with Crippen LogP contribution < -0.4 is 10.6 Å².